The molecule has 0 saturated carbocycles. The van der Waals surface area contributed by atoms with Gasteiger partial charge >= 0.3 is 0 Å². The molecule has 2 N–H and O–H groups in total. The van der Waals surface area contributed by atoms with Crippen LogP contribution in [0.3, 0.4) is 0 Å². The van der Waals surface area contributed by atoms with E-state index in [1.165, 1.54) is 0 Å². The Morgan fingerprint density at radius 2 is 1.74 bits per heavy atom. The third-order valence-electron chi connectivity index (χ3n) is 3.89. The van der Waals surface area contributed by atoms with Gasteiger partial charge in [-0.15, -0.1) is 0 Å². The minimum Gasteiger partial charge on any atom is -0.497 e. The minimum atomic E-state index is 0.536. The first-order valence-electron chi connectivity index (χ1n) is 8.40. The van der Waals surface area contributed by atoms with Crippen molar-refractivity contribution < 1.29 is 9.47 Å². The zero-order valence-corrected chi connectivity index (χ0v) is 16.2. The molecule has 1 heterocycles. The SMILES string of the molecule is COc1ccc(CNc2nc(C)cc(Nc3cc(Cl)ccc3OC)n2)cc1. The topological polar surface area (TPSA) is 68.3 Å². The normalized spacial score (nSPS) is 10.4. The number of aromatic nitrogens is 2. The lowest BCUT2D eigenvalue weighted by Crippen LogP contribution is -2.06. The molecule has 6 nitrogen and oxygen atoms in total. The van der Waals surface area contributed by atoms with Crippen molar-refractivity contribution in [3.63, 3.8) is 0 Å². The molecule has 0 amide bonds. The van der Waals surface area contributed by atoms with E-state index >= 15 is 0 Å². The second-order valence-corrected chi connectivity index (χ2v) is 6.33. The first-order valence-corrected chi connectivity index (χ1v) is 8.78. The zero-order chi connectivity index (χ0) is 19.2. The van der Waals surface area contributed by atoms with Gasteiger partial charge in [-0.3, -0.25) is 0 Å². The number of halogens is 1. The molecule has 0 aliphatic carbocycles. The van der Waals surface area contributed by atoms with E-state index in [1.807, 2.05) is 43.3 Å². The molecule has 0 spiro atoms. The summed E-state index contributed by atoms with van der Waals surface area (Å²) in [4.78, 5) is 8.97. The standard InChI is InChI=1S/C20H21ClN4O2/c1-13-10-19(24-17-11-15(21)6-9-18(17)27-3)25-20(23-13)22-12-14-4-7-16(26-2)8-5-14/h4-11H,12H2,1-3H3,(H2,22,23,24,25). The van der Waals surface area contributed by atoms with Crippen LogP contribution in [0.2, 0.25) is 5.02 Å². The third-order valence-corrected chi connectivity index (χ3v) is 4.12. The maximum atomic E-state index is 6.09. The van der Waals surface area contributed by atoms with Gasteiger partial charge in [-0.1, -0.05) is 23.7 Å². The number of methoxy groups -OCH3 is 2. The van der Waals surface area contributed by atoms with Crippen LogP contribution in [0.25, 0.3) is 0 Å². The Balaban J connectivity index is 1.75. The number of anilines is 3. The van der Waals surface area contributed by atoms with Gasteiger partial charge in [0.2, 0.25) is 5.95 Å². The van der Waals surface area contributed by atoms with Gasteiger partial charge in [0, 0.05) is 23.3 Å². The van der Waals surface area contributed by atoms with Crippen molar-refractivity contribution in [1.29, 1.82) is 0 Å². The van der Waals surface area contributed by atoms with Crippen LogP contribution < -0.4 is 20.1 Å². The molecule has 3 aromatic rings. The number of benzene rings is 2. The smallest absolute Gasteiger partial charge is 0.225 e. The van der Waals surface area contributed by atoms with Crippen molar-refractivity contribution in [2.45, 2.75) is 13.5 Å². The third kappa shape index (κ3) is 5.01. The zero-order valence-electron chi connectivity index (χ0n) is 15.4. The van der Waals surface area contributed by atoms with Crippen LogP contribution in [-0.2, 0) is 6.54 Å². The Hall–Kier alpha value is -2.99. The van der Waals surface area contributed by atoms with Crippen LogP contribution in [0.4, 0.5) is 17.5 Å². The number of aryl methyl sites for hydroxylation is 1. The van der Waals surface area contributed by atoms with E-state index in [4.69, 9.17) is 21.1 Å². The van der Waals surface area contributed by atoms with Crippen molar-refractivity contribution in [2.75, 3.05) is 24.9 Å². The quantitative estimate of drug-likeness (QED) is 0.609. The Morgan fingerprint density at radius 1 is 0.963 bits per heavy atom. The largest absolute Gasteiger partial charge is 0.497 e. The fourth-order valence-electron chi connectivity index (χ4n) is 2.55. The van der Waals surface area contributed by atoms with Crippen LogP contribution in [0.15, 0.2) is 48.5 Å². The fraction of sp³-hybridized carbons (Fsp3) is 0.200. The number of ether oxygens (including phenoxy) is 2. The first-order chi connectivity index (χ1) is 13.1. The van der Waals surface area contributed by atoms with Gasteiger partial charge in [0.25, 0.3) is 0 Å². The average molecular weight is 385 g/mol. The van der Waals surface area contributed by atoms with Gasteiger partial charge in [0.15, 0.2) is 0 Å². The van der Waals surface area contributed by atoms with Gasteiger partial charge < -0.3 is 20.1 Å². The molecule has 0 unspecified atom stereocenters. The molecule has 0 bridgehead atoms. The summed E-state index contributed by atoms with van der Waals surface area (Å²) in [6.45, 7) is 2.52. The highest BCUT2D eigenvalue weighted by Gasteiger charge is 2.08. The van der Waals surface area contributed by atoms with Crippen molar-refractivity contribution in [3.8, 4) is 11.5 Å². The van der Waals surface area contributed by atoms with Crippen LogP contribution in [-0.4, -0.2) is 24.2 Å². The lowest BCUT2D eigenvalue weighted by Gasteiger charge is -2.13. The summed E-state index contributed by atoms with van der Waals surface area (Å²) in [5, 5.41) is 7.10. The average Bonchev–Trinajstić information content (AvgIpc) is 2.66. The maximum Gasteiger partial charge on any atom is 0.225 e. The molecule has 0 atom stereocenters. The predicted octanol–water partition coefficient (Wildman–Crippen LogP) is 4.81. The summed E-state index contributed by atoms with van der Waals surface area (Å²) < 4.78 is 10.5. The van der Waals surface area contributed by atoms with Gasteiger partial charge in [-0.05, 0) is 42.8 Å². The summed E-state index contributed by atoms with van der Waals surface area (Å²) in [6.07, 6.45) is 0. The Labute approximate surface area is 163 Å². The van der Waals surface area contributed by atoms with Crippen molar-refractivity contribution >= 4 is 29.1 Å². The minimum absolute atomic E-state index is 0.536. The van der Waals surface area contributed by atoms with E-state index in [-0.39, 0.29) is 0 Å². The van der Waals surface area contributed by atoms with Crippen molar-refractivity contribution in [1.82, 2.24) is 9.97 Å². The highest BCUT2D eigenvalue weighted by Crippen LogP contribution is 2.30. The number of nitrogens with zero attached hydrogens (tertiary/aromatic N) is 2. The van der Waals surface area contributed by atoms with E-state index in [1.54, 1.807) is 26.4 Å². The molecular formula is C20H21ClN4O2. The lowest BCUT2D eigenvalue weighted by molar-refractivity contribution is 0.414. The number of hydrogen-bond donors (Lipinski definition) is 2. The van der Waals surface area contributed by atoms with Crippen molar-refractivity contribution in [3.05, 3.63) is 64.8 Å². The van der Waals surface area contributed by atoms with Gasteiger partial charge in [-0.25, -0.2) is 4.98 Å². The van der Waals surface area contributed by atoms with Gasteiger partial charge in [0.1, 0.15) is 17.3 Å². The summed E-state index contributed by atoms with van der Waals surface area (Å²) in [7, 11) is 3.26. The van der Waals surface area contributed by atoms with Crippen LogP contribution in [0.1, 0.15) is 11.3 Å². The molecule has 0 aliphatic rings. The second kappa shape index (κ2) is 8.60. The van der Waals surface area contributed by atoms with Crippen LogP contribution >= 0.6 is 11.6 Å². The summed E-state index contributed by atoms with van der Waals surface area (Å²) in [5.41, 5.74) is 2.68. The van der Waals surface area contributed by atoms with E-state index in [0.717, 1.165) is 22.7 Å². The van der Waals surface area contributed by atoms with E-state index in [9.17, 15) is 0 Å². The Kier molecular flexibility index (Phi) is 5.98. The molecule has 0 saturated heterocycles. The van der Waals surface area contributed by atoms with E-state index in [2.05, 4.69) is 20.6 Å². The molecule has 27 heavy (non-hydrogen) atoms. The molecule has 1 aromatic heterocycles. The van der Waals surface area contributed by atoms with Gasteiger partial charge in [0.05, 0.1) is 19.9 Å². The van der Waals surface area contributed by atoms with Crippen LogP contribution in [0, 0.1) is 6.92 Å². The van der Waals surface area contributed by atoms with Crippen molar-refractivity contribution in [2.24, 2.45) is 0 Å². The molecule has 0 fully saturated rings. The summed E-state index contributed by atoms with van der Waals surface area (Å²) in [6, 6.07) is 15.1. The van der Waals surface area contributed by atoms with Gasteiger partial charge in [-0.2, -0.15) is 4.98 Å². The molecule has 140 valence electrons. The number of nitrogens with one attached hydrogen (secondary N) is 2. The highest BCUT2D eigenvalue weighted by atomic mass is 35.5. The van der Waals surface area contributed by atoms with Crippen LogP contribution in [0.5, 0.6) is 11.5 Å². The number of rotatable bonds is 7. The van der Waals surface area contributed by atoms with E-state index in [0.29, 0.717) is 29.1 Å². The molecular weight excluding hydrogens is 364 g/mol. The predicted molar refractivity (Wildman–Crippen MR) is 108 cm³/mol. The molecule has 0 aliphatic heterocycles. The molecule has 0 radical (unpaired) electrons. The first kappa shape index (κ1) is 18.8. The Morgan fingerprint density at radius 3 is 2.44 bits per heavy atom. The summed E-state index contributed by atoms with van der Waals surface area (Å²) in [5.74, 6) is 2.70. The fourth-order valence-corrected chi connectivity index (χ4v) is 2.72. The monoisotopic (exact) mass is 384 g/mol. The lowest BCUT2D eigenvalue weighted by atomic mass is 10.2. The molecule has 7 heteroatoms. The van der Waals surface area contributed by atoms with E-state index < -0.39 is 0 Å². The summed E-state index contributed by atoms with van der Waals surface area (Å²) >= 11 is 6.09. The second-order valence-electron chi connectivity index (χ2n) is 5.89. The maximum absolute atomic E-state index is 6.09. The number of hydrogen-bond acceptors (Lipinski definition) is 6. The molecule has 2 aromatic carbocycles. The highest BCUT2D eigenvalue weighted by molar-refractivity contribution is 6.31. The Bertz CT molecular complexity index is 916. The molecule has 3 rings (SSSR count).